The number of rotatable bonds is 4. The first-order valence-electron chi connectivity index (χ1n) is 5.87. The second kappa shape index (κ2) is 5.45. The first-order chi connectivity index (χ1) is 8.20. The molecule has 0 fully saturated rings. The summed E-state index contributed by atoms with van der Waals surface area (Å²) in [7, 11) is 0. The standard InChI is InChI=1S/C13H18N2OS/c1-9(8-17-2)15-13(16)11-3-4-12-10(7-11)5-6-14-12/h3-4,7,9,14H,5-6,8H2,1-2H3,(H,15,16). The fourth-order valence-electron chi connectivity index (χ4n) is 2.04. The molecule has 0 aliphatic carbocycles. The second-order valence-corrected chi connectivity index (χ2v) is 5.29. The number of benzene rings is 1. The van der Waals surface area contributed by atoms with Crippen LogP contribution in [0.1, 0.15) is 22.8 Å². The first-order valence-corrected chi connectivity index (χ1v) is 7.26. The van der Waals surface area contributed by atoms with Crippen LogP contribution in [0.25, 0.3) is 0 Å². The monoisotopic (exact) mass is 250 g/mol. The largest absolute Gasteiger partial charge is 0.384 e. The smallest absolute Gasteiger partial charge is 0.251 e. The van der Waals surface area contributed by atoms with E-state index in [0.29, 0.717) is 0 Å². The van der Waals surface area contributed by atoms with E-state index in [1.165, 1.54) is 11.3 Å². The van der Waals surface area contributed by atoms with E-state index in [0.717, 1.165) is 24.3 Å². The van der Waals surface area contributed by atoms with Gasteiger partial charge in [0.2, 0.25) is 0 Å². The molecule has 1 atom stereocenters. The van der Waals surface area contributed by atoms with Crippen molar-refractivity contribution >= 4 is 23.4 Å². The van der Waals surface area contributed by atoms with E-state index in [4.69, 9.17) is 0 Å². The summed E-state index contributed by atoms with van der Waals surface area (Å²) in [6.07, 6.45) is 3.06. The van der Waals surface area contributed by atoms with Crippen molar-refractivity contribution in [1.29, 1.82) is 0 Å². The molecule has 1 aliphatic rings. The second-order valence-electron chi connectivity index (χ2n) is 4.38. The zero-order valence-corrected chi connectivity index (χ0v) is 11.1. The van der Waals surface area contributed by atoms with Crippen LogP contribution in [0.5, 0.6) is 0 Å². The lowest BCUT2D eigenvalue weighted by Gasteiger charge is -2.13. The number of nitrogens with one attached hydrogen (secondary N) is 2. The highest BCUT2D eigenvalue weighted by Gasteiger charge is 2.14. The minimum absolute atomic E-state index is 0.0289. The van der Waals surface area contributed by atoms with Gasteiger partial charge in [0.25, 0.3) is 5.91 Å². The Hall–Kier alpha value is -1.16. The molecule has 1 aliphatic heterocycles. The van der Waals surface area contributed by atoms with E-state index in [1.807, 2.05) is 31.4 Å². The van der Waals surface area contributed by atoms with Crippen LogP contribution in [-0.4, -0.2) is 30.5 Å². The number of hydrogen-bond donors (Lipinski definition) is 2. The fraction of sp³-hybridized carbons (Fsp3) is 0.462. The van der Waals surface area contributed by atoms with Gasteiger partial charge in [0.15, 0.2) is 0 Å². The highest BCUT2D eigenvalue weighted by atomic mass is 32.2. The molecule has 0 saturated carbocycles. The van der Waals surface area contributed by atoms with Crippen molar-refractivity contribution in [3.8, 4) is 0 Å². The van der Waals surface area contributed by atoms with Crippen molar-refractivity contribution in [1.82, 2.24) is 5.32 Å². The van der Waals surface area contributed by atoms with E-state index < -0.39 is 0 Å². The van der Waals surface area contributed by atoms with Gasteiger partial charge in [0, 0.05) is 29.6 Å². The van der Waals surface area contributed by atoms with E-state index >= 15 is 0 Å². The Kier molecular flexibility index (Phi) is 3.94. The third-order valence-corrected chi connectivity index (χ3v) is 3.70. The number of carbonyl (C=O) groups excluding carboxylic acids is 1. The molecule has 4 heteroatoms. The van der Waals surface area contributed by atoms with Gasteiger partial charge in [0.1, 0.15) is 0 Å². The molecule has 0 bridgehead atoms. The maximum atomic E-state index is 12.0. The number of anilines is 1. The van der Waals surface area contributed by atoms with Gasteiger partial charge in [-0.1, -0.05) is 0 Å². The van der Waals surface area contributed by atoms with Crippen molar-refractivity contribution in [3.63, 3.8) is 0 Å². The number of hydrogen-bond acceptors (Lipinski definition) is 3. The van der Waals surface area contributed by atoms with Crippen LogP contribution in [0.15, 0.2) is 18.2 Å². The maximum absolute atomic E-state index is 12.0. The Morgan fingerprint density at radius 1 is 1.59 bits per heavy atom. The van der Waals surface area contributed by atoms with Crippen LogP contribution in [0.4, 0.5) is 5.69 Å². The molecule has 0 saturated heterocycles. The maximum Gasteiger partial charge on any atom is 0.251 e. The van der Waals surface area contributed by atoms with Gasteiger partial charge in [0.05, 0.1) is 0 Å². The molecular formula is C13H18N2OS. The first kappa shape index (κ1) is 12.3. The molecule has 1 unspecified atom stereocenters. The molecule has 0 radical (unpaired) electrons. The minimum Gasteiger partial charge on any atom is -0.384 e. The Bertz CT molecular complexity index is 420. The Balaban J connectivity index is 2.04. The SMILES string of the molecule is CSCC(C)NC(=O)c1ccc2c(c1)CCN2. The number of carbonyl (C=O) groups is 1. The van der Waals surface area contributed by atoms with Crippen molar-refractivity contribution in [3.05, 3.63) is 29.3 Å². The molecule has 0 spiro atoms. The lowest BCUT2D eigenvalue weighted by atomic mass is 10.1. The van der Waals surface area contributed by atoms with Crippen LogP contribution < -0.4 is 10.6 Å². The van der Waals surface area contributed by atoms with Crippen LogP contribution >= 0.6 is 11.8 Å². The van der Waals surface area contributed by atoms with Crippen LogP contribution in [0, 0.1) is 0 Å². The molecular weight excluding hydrogens is 232 g/mol. The zero-order chi connectivity index (χ0) is 12.3. The number of thioether (sulfide) groups is 1. The third kappa shape index (κ3) is 2.94. The summed E-state index contributed by atoms with van der Waals surface area (Å²) in [5.41, 5.74) is 3.18. The average Bonchev–Trinajstić information content (AvgIpc) is 2.75. The van der Waals surface area contributed by atoms with E-state index in [9.17, 15) is 4.79 Å². The zero-order valence-electron chi connectivity index (χ0n) is 10.2. The van der Waals surface area contributed by atoms with Gasteiger partial charge in [-0.2, -0.15) is 11.8 Å². The average molecular weight is 250 g/mol. The molecule has 17 heavy (non-hydrogen) atoms. The molecule has 1 amide bonds. The predicted octanol–water partition coefficient (Wildman–Crippen LogP) is 2.14. The van der Waals surface area contributed by atoms with Gasteiger partial charge >= 0.3 is 0 Å². The molecule has 3 nitrogen and oxygen atoms in total. The van der Waals surface area contributed by atoms with Crippen molar-refractivity contribution in [2.45, 2.75) is 19.4 Å². The van der Waals surface area contributed by atoms with Gasteiger partial charge in [-0.05, 0) is 43.4 Å². The summed E-state index contributed by atoms with van der Waals surface area (Å²) in [5.74, 6) is 0.972. The quantitative estimate of drug-likeness (QED) is 0.860. The fourth-order valence-corrected chi connectivity index (χ4v) is 2.63. The third-order valence-electron chi connectivity index (χ3n) is 2.87. The van der Waals surface area contributed by atoms with Crippen LogP contribution in [0.3, 0.4) is 0 Å². The summed E-state index contributed by atoms with van der Waals surface area (Å²) in [5, 5.41) is 6.30. The van der Waals surface area contributed by atoms with Crippen molar-refractivity contribution in [2.24, 2.45) is 0 Å². The molecule has 2 rings (SSSR count). The van der Waals surface area contributed by atoms with E-state index in [-0.39, 0.29) is 11.9 Å². The topological polar surface area (TPSA) is 41.1 Å². The van der Waals surface area contributed by atoms with Gasteiger partial charge in [-0.3, -0.25) is 4.79 Å². The highest BCUT2D eigenvalue weighted by molar-refractivity contribution is 7.98. The predicted molar refractivity (Wildman–Crippen MR) is 73.9 cm³/mol. The summed E-state index contributed by atoms with van der Waals surface area (Å²) < 4.78 is 0. The Morgan fingerprint density at radius 2 is 2.41 bits per heavy atom. The van der Waals surface area contributed by atoms with E-state index in [2.05, 4.69) is 10.6 Å². The van der Waals surface area contributed by atoms with Crippen LogP contribution in [0.2, 0.25) is 0 Å². The normalized spacial score (nSPS) is 14.9. The summed E-state index contributed by atoms with van der Waals surface area (Å²) in [4.78, 5) is 12.0. The molecule has 92 valence electrons. The highest BCUT2D eigenvalue weighted by Crippen LogP contribution is 2.22. The van der Waals surface area contributed by atoms with Gasteiger partial charge in [-0.15, -0.1) is 0 Å². The number of amides is 1. The van der Waals surface area contributed by atoms with Crippen LogP contribution in [-0.2, 0) is 6.42 Å². The lowest BCUT2D eigenvalue weighted by Crippen LogP contribution is -2.34. The summed E-state index contributed by atoms with van der Waals surface area (Å²) in [6, 6.07) is 6.09. The van der Waals surface area contributed by atoms with Gasteiger partial charge in [-0.25, -0.2) is 0 Å². The Labute approximate surface area is 106 Å². The lowest BCUT2D eigenvalue weighted by molar-refractivity contribution is 0.0943. The summed E-state index contributed by atoms with van der Waals surface area (Å²) >= 11 is 1.74. The summed E-state index contributed by atoms with van der Waals surface area (Å²) in [6.45, 7) is 3.01. The molecule has 2 N–H and O–H groups in total. The molecule has 1 aromatic rings. The minimum atomic E-state index is 0.0289. The number of fused-ring (bicyclic) bond motifs is 1. The van der Waals surface area contributed by atoms with Gasteiger partial charge < -0.3 is 10.6 Å². The van der Waals surface area contributed by atoms with Crippen molar-refractivity contribution in [2.75, 3.05) is 23.9 Å². The molecule has 1 aromatic carbocycles. The Morgan fingerprint density at radius 3 is 3.18 bits per heavy atom. The molecule has 0 aromatic heterocycles. The van der Waals surface area contributed by atoms with Crippen molar-refractivity contribution < 1.29 is 4.79 Å². The molecule has 1 heterocycles. The van der Waals surface area contributed by atoms with E-state index in [1.54, 1.807) is 11.8 Å².